The maximum Gasteiger partial charge on any atom is 0.275 e. The number of hydrogen-bond donors (Lipinski definition) is 0. The number of nitrogens with zero attached hydrogens (tertiary/aromatic N) is 2. The van der Waals surface area contributed by atoms with E-state index >= 15 is 0 Å². The summed E-state index contributed by atoms with van der Waals surface area (Å²) in [6, 6.07) is -0.590. The number of amides is 1. The van der Waals surface area contributed by atoms with Gasteiger partial charge in [-0.2, -0.15) is 0 Å². The zero-order chi connectivity index (χ0) is 10.4. The van der Waals surface area contributed by atoms with Crippen LogP contribution in [0.3, 0.4) is 0 Å². The molecule has 3 rings (SSSR count). The third-order valence-electron chi connectivity index (χ3n) is 2.50. The fraction of sp³-hybridized carbons (Fsp3) is 0.0909. The molecule has 0 fully saturated rings. The van der Waals surface area contributed by atoms with Gasteiger partial charge in [-0.05, 0) is 12.2 Å². The van der Waals surface area contributed by atoms with E-state index in [0.717, 1.165) is 11.1 Å². The van der Waals surface area contributed by atoms with Gasteiger partial charge in [-0.15, -0.1) is 0 Å². The second-order valence-electron chi connectivity index (χ2n) is 3.47. The molecule has 0 aromatic rings. The van der Waals surface area contributed by atoms with Crippen molar-refractivity contribution >= 4 is 23.6 Å². The Kier molecular flexibility index (Phi) is 1.48. The second-order valence-corrected chi connectivity index (χ2v) is 3.47. The smallest absolute Gasteiger partial charge is 0.275 e. The molecule has 2 heterocycles. The highest BCUT2D eigenvalue weighted by molar-refractivity contribution is 6.52. The van der Waals surface area contributed by atoms with E-state index in [1.807, 2.05) is 0 Å². The summed E-state index contributed by atoms with van der Waals surface area (Å²) in [5.74, 6) is -0.447. The monoisotopic (exact) mass is 198 g/mol. The minimum absolute atomic E-state index is 0.150. The molecular formula is C11H6N2O2. The topological polar surface area (TPSA) is 58.9 Å². The lowest BCUT2D eigenvalue weighted by Crippen LogP contribution is -2.26. The van der Waals surface area contributed by atoms with Gasteiger partial charge in [0.05, 0.1) is 0 Å². The van der Waals surface area contributed by atoms with Crippen molar-refractivity contribution in [2.24, 2.45) is 9.98 Å². The van der Waals surface area contributed by atoms with E-state index in [0.29, 0.717) is 5.71 Å². The summed E-state index contributed by atoms with van der Waals surface area (Å²) in [6.45, 7) is 0. The van der Waals surface area contributed by atoms with Gasteiger partial charge in [0.25, 0.3) is 5.91 Å². The Balaban J connectivity index is 2.15. The molecule has 1 atom stereocenters. The number of allylic oxidation sites excluding steroid dienone is 5. The Morgan fingerprint density at radius 1 is 1.27 bits per heavy atom. The summed E-state index contributed by atoms with van der Waals surface area (Å²) < 4.78 is 0. The van der Waals surface area contributed by atoms with Crippen LogP contribution in [0.5, 0.6) is 0 Å². The van der Waals surface area contributed by atoms with Crippen molar-refractivity contribution in [2.75, 3.05) is 0 Å². The van der Waals surface area contributed by atoms with E-state index in [1.165, 1.54) is 12.3 Å². The van der Waals surface area contributed by atoms with Gasteiger partial charge in [-0.3, -0.25) is 14.6 Å². The van der Waals surface area contributed by atoms with Gasteiger partial charge in [0.1, 0.15) is 5.71 Å². The molecular weight excluding hydrogens is 192 g/mol. The number of hydrogen-bond acceptors (Lipinski definition) is 3. The molecule has 0 N–H and O–H groups in total. The van der Waals surface area contributed by atoms with Crippen molar-refractivity contribution < 1.29 is 9.59 Å². The van der Waals surface area contributed by atoms with E-state index in [1.54, 1.807) is 18.2 Å². The highest BCUT2D eigenvalue weighted by Gasteiger charge is 2.32. The first-order valence-corrected chi connectivity index (χ1v) is 4.56. The van der Waals surface area contributed by atoms with Crippen molar-refractivity contribution in [3.05, 3.63) is 35.5 Å². The number of fused-ring (bicyclic) bond motifs is 2. The van der Waals surface area contributed by atoms with E-state index in [2.05, 4.69) is 9.98 Å². The van der Waals surface area contributed by atoms with Gasteiger partial charge in [0.2, 0.25) is 5.78 Å². The van der Waals surface area contributed by atoms with Gasteiger partial charge in [-0.25, -0.2) is 4.99 Å². The summed E-state index contributed by atoms with van der Waals surface area (Å²) in [7, 11) is 0. The first-order chi connectivity index (χ1) is 7.25. The van der Waals surface area contributed by atoms with Crippen LogP contribution in [0.1, 0.15) is 0 Å². The fourth-order valence-electron chi connectivity index (χ4n) is 1.77. The lowest BCUT2D eigenvalue weighted by molar-refractivity contribution is -0.117. The maximum atomic E-state index is 11.5. The normalized spacial score (nSPS) is 26.9. The number of carbonyl (C=O) groups excluding carboxylic acids is 2. The van der Waals surface area contributed by atoms with Gasteiger partial charge in [-0.1, -0.05) is 12.2 Å². The van der Waals surface area contributed by atoms with E-state index in [4.69, 9.17) is 0 Å². The summed E-state index contributed by atoms with van der Waals surface area (Å²) in [6.07, 6.45) is 8.24. The first kappa shape index (κ1) is 8.23. The Labute approximate surface area is 85.4 Å². The molecule has 1 aliphatic carbocycles. The molecule has 0 aromatic carbocycles. The van der Waals surface area contributed by atoms with Crippen LogP contribution in [0.25, 0.3) is 0 Å². The third-order valence-corrected chi connectivity index (χ3v) is 2.50. The maximum absolute atomic E-state index is 11.5. The quantitative estimate of drug-likeness (QED) is 0.529. The average molecular weight is 198 g/mol. The Morgan fingerprint density at radius 3 is 3.00 bits per heavy atom. The Hall–Kier alpha value is -2.10. The number of dihydropyridines is 1. The van der Waals surface area contributed by atoms with Crippen LogP contribution >= 0.6 is 0 Å². The molecule has 4 heteroatoms. The van der Waals surface area contributed by atoms with Crippen molar-refractivity contribution in [3.8, 4) is 0 Å². The minimum atomic E-state index is -0.590. The van der Waals surface area contributed by atoms with Crippen LogP contribution in [0.4, 0.5) is 0 Å². The zero-order valence-corrected chi connectivity index (χ0v) is 7.68. The third kappa shape index (κ3) is 1.08. The molecule has 0 bridgehead atoms. The fourth-order valence-corrected chi connectivity index (χ4v) is 1.77. The first-order valence-electron chi connectivity index (χ1n) is 4.56. The molecule has 72 valence electrons. The lowest BCUT2D eigenvalue weighted by atomic mass is 9.94. The standard InChI is InChI=1S/C11H6N2O2/c14-8-3-1-2-6-4-7-5-12-11(15)10(7)13-9(6)8/h1-5,10H. The molecule has 4 nitrogen and oxygen atoms in total. The van der Waals surface area contributed by atoms with Crippen LogP contribution in [0.2, 0.25) is 0 Å². The largest absolute Gasteiger partial charge is 0.288 e. The zero-order valence-electron chi connectivity index (χ0n) is 7.68. The van der Waals surface area contributed by atoms with E-state index < -0.39 is 6.04 Å². The molecule has 1 unspecified atom stereocenters. The highest BCUT2D eigenvalue weighted by atomic mass is 16.2. The molecule has 15 heavy (non-hydrogen) atoms. The molecule has 2 aliphatic heterocycles. The number of carbonyl (C=O) groups is 2. The number of rotatable bonds is 0. The Morgan fingerprint density at radius 2 is 2.13 bits per heavy atom. The van der Waals surface area contributed by atoms with E-state index in [9.17, 15) is 9.59 Å². The van der Waals surface area contributed by atoms with Crippen molar-refractivity contribution in [1.29, 1.82) is 0 Å². The van der Waals surface area contributed by atoms with Crippen LogP contribution in [0, 0.1) is 0 Å². The lowest BCUT2D eigenvalue weighted by Gasteiger charge is -2.16. The number of aliphatic imine (C=N–C) groups is 2. The predicted molar refractivity (Wildman–Crippen MR) is 55.0 cm³/mol. The summed E-state index contributed by atoms with van der Waals surface area (Å²) in [5, 5.41) is 0. The van der Waals surface area contributed by atoms with Crippen molar-refractivity contribution in [1.82, 2.24) is 0 Å². The average Bonchev–Trinajstić information content (AvgIpc) is 2.59. The molecule has 3 aliphatic rings. The van der Waals surface area contributed by atoms with Crippen LogP contribution in [-0.4, -0.2) is 29.7 Å². The van der Waals surface area contributed by atoms with Gasteiger partial charge in [0.15, 0.2) is 6.04 Å². The van der Waals surface area contributed by atoms with Crippen molar-refractivity contribution in [2.45, 2.75) is 6.04 Å². The van der Waals surface area contributed by atoms with Crippen LogP contribution < -0.4 is 0 Å². The summed E-state index contributed by atoms with van der Waals surface area (Å²) >= 11 is 0. The Bertz CT molecular complexity index is 533. The molecule has 0 aromatic heterocycles. The molecule has 0 saturated heterocycles. The van der Waals surface area contributed by atoms with Crippen LogP contribution in [0.15, 0.2) is 45.4 Å². The van der Waals surface area contributed by atoms with Crippen molar-refractivity contribution in [3.63, 3.8) is 0 Å². The van der Waals surface area contributed by atoms with Gasteiger partial charge >= 0.3 is 0 Å². The molecule has 0 saturated carbocycles. The van der Waals surface area contributed by atoms with Gasteiger partial charge < -0.3 is 0 Å². The predicted octanol–water partition coefficient (Wildman–Crippen LogP) is 0.412. The van der Waals surface area contributed by atoms with E-state index in [-0.39, 0.29) is 11.7 Å². The SMILES string of the molecule is O=C1C=CC=C2C=C3C=NC(=O)C3N=C12. The highest BCUT2D eigenvalue weighted by Crippen LogP contribution is 2.24. The molecule has 1 amide bonds. The minimum Gasteiger partial charge on any atom is -0.288 e. The summed E-state index contributed by atoms with van der Waals surface area (Å²) in [4.78, 5) is 30.6. The summed E-state index contributed by atoms with van der Waals surface area (Å²) in [5.41, 5.74) is 1.89. The number of ketones is 1. The molecule has 0 radical (unpaired) electrons. The molecule has 0 spiro atoms. The van der Waals surface area contributed by atoms with Crippen LogP contribution in [-0.2, 0) is 9.59 Å². The second kappa shape index (κ2) is 2.70. The van der Waals surface area contributed by atoms with Gasteiger partial charge in [0, 0.05) is 17.4 Å².